The molecule has 1 unspecified atom stereocenters. The van der Waals surface area contributed by atoms with E-state index in [0.717, 1.165) is 18.7 Å². The van der Waals surface area contributed by atoms with Crippen molar-refractivity contribution in [1.29, 1.82) is 0 Å². The number of likely N-dealkylation sites (N-methyl/N-ethyl adjacent to an activating group) is 2. The fourth-order valence-corrected chi connectivity index (χ4v) is 3.01. The number of methoxy groups -OCH3 is 1. The number of nitrogens with zero attached hydrogens (tertiary/aromatic N) is 2. The average Bonchev–Trinajstić information content (AvgIpc) is 2.49. The fraction of sp³-hybridized carbons (Fsp3) is 0.588. The maximum atomic E-state index is 11.5. The quantitative estimate of drug-likeness (QED) is 0.776. The number of likely N-dealkylation sites (tertiary alicyclic amines) is 1. The minimum atomic E-state index is -0.178. The van der Waals surface area contributed by atoms with E-state index >= 15 is 0 Å². The van der Waals surface area contributed by atoms with Crippen LogP contribution in [0.2, 0.25) is 0 Å². The topological polar surface area (TPSA) is 32.8 Å². The fourth-order valence-electron chi connectivity index (χ4n) is 3.01. The van der Waals surface area contributed by atoms with Crippen LogP contribution in [0.1, 0.15) is 24.0 Å². The Balaban J connectivity index is 2.02. The summed E-state index contributed by atoms with van der Waals surface area (Å²) in [6, 6.07) is 8.75. The van der Waals surface area contributed by atoms with Crippen molar-refractivity contribution in [2.24, 2.45) is 0 Å². The van der Waals surface area contributed by atoms with Gasteiger partial charge in [-0.2, -0.15) is 0 Å². The monoisotopic (exact) mass is 290 g/mol. The number of ether oxygens (including phenoxy) is 1. The summed E-state index contributed by atoms with van der Waals surface area (Å²) in [6.45, 7) is 3.20. The van der Waals surface area contributed by atoms with Gasteiger partial charge in [0, 0.05) is 19.1 Å². The molecular formula is C17H26N2O2. The molecule has 1 aromatic carbocycles. The third kappa shape index (κ3) is 4.55. The molecule has 2 rings (SSSR count). The summed E-state index contributed by atoms with van der Waals surface area (Å²) in [5.74, 6) is -0.178. The van der Waals surface area contributed by atoms with Crippen molar-refractivity contribution >= 4 is 5.97 Å². The second-order valence-electron chi connectivity index (χ2n) is 6.00. The van der Waals surface area contributed by atoms with Gasteiger partial charge in [0.1, 0.15) is 0 Å². The van der Waals surface area contributed by atoms with E-state index in [0.29, 0.717) is 12.5 Å². The first-order valence-corrected chi connectivity index (χ1v) is 7.62. The number of esters is 1. The predicted octanol–water partition coefficient (Wildman–Crippen LogP) is 1.93. The van der Waals surface area contributed by atoms with E-state index in [2.05, 4.69) is 30.0 Å². The Morgan fingerprint density at radius 3 is 2.76 bits per heavy atom. The van der Waals surface area contributed by atoms with E-state index in [1.807, 2.05) is 18.2 Å². The van der Waals surface area contributed by atoms with E-state index < -0.39 is 0 Å². The molecule has 0 aliphatic carbocycles. The van der Waals surface area contributed by atoms with Crippen molar-refractivity contribution in [2.45, 2.75) is 31.8 Å². The molecule has 1 aliphatic rings. The van der Waals surface area contributed by atoms with Gasteiger partial charge in [0.15, 0.2) is 0 Å². The highest BCUT2D eigenvalue weighted by Gasteiger charge is 2.21. The molecule has 1 fully saturated rings. The standard InChI is InChI=1S/C17H26N2O2/c1-18-10-6-9-16(13-18)19(2)12-15-8-5-4-7-14(15)11-17(20)21-3/h4-5,7-8,16H,6,9-13H2,1-3H3. The highest BCUT2D eigenvalue weighted by Crippen LogP contribution is 2.18. The van der Waals surface area contributed by atoms with Crippen molar-refractivity contribution in [1.82, 2.24) is 9.80 Å². The highest BCUT2D eigenvalue weighted by atomic mass is 16.5. The zero-order chi connectivity index (χ0) is 15.2. The Morgan fingerprint density at radius 1 is 1.38 bits per heavy atom. The van der Waals surface area contributed by atoms with Crippen LogP contribution in [-0.4, -0.2) is 56.1 Å². The molecule has 4 heteroatoms. The Labute approximate surface area is 127 Å². The molecule has 116 valence electrons. The van der Waals surface area contributed by atoms with Crippen molar-refractivity contribution in [3.8, 4) is 0 Å². The van der Waals surface area contributed by atoms with Gasteiger partial charge >= 0.3 is 5.97 Å². The van der Waals surface area contributed by atoms with Gasteiger partial charge < -0.3 is 9.64 Å². The number of carbonyl (C=O) groups excluding carboxylic acids is 1. The summed E-state index contributed by atoms with van der Waals surface area (Å²) in [4.78, 5) is 16.3. The SMILES string of the molecule is COC(=O)Cc1ccccc1CN(C)C1CCCN(C)C1. The van der Waals surface area contributed by atoms with Crippen LogP contribution >= 0.6 is 0 Å². The van der Waals surface area contributed by atoms with Crippen molar-refractivity contribution in [3.63, 3.8) is 0 Å². The number of carbonyl (C=O) groups is 1. The average molecular weight is 290 g/mol. The maximum absolute atomic E-state index is 11.5. The first kappa shape index (κ1) is 16.0. The second-order valence-corrected chi connectivity index (χ2v) is 6.00. The molecule has 0 spiro atoms. The van der Waals surface area contributed by atoms with Crippen LogP contribution in [0.5, 0.6) is 0 Å². The molecule has 0 amide bonds. The van der Waals surface area contributed by atoms with E-state index in [9.17, 15) is 4.79 Å². The molecule has 1 atom stereocenters. The molecule has 21 heavy (non-hydrogen) atoms. The molecule has 4 nitrogen and oxygen atoms in total. The van der Waals surface area contributed by atoms with Crippen LogP contribution in [-0.2, 0) is 22.5 Å². The van der Waals surface area contributed by atoms with Crippen molar-refractivity contribution in [2.75, 3.05) is 34.3 Å². The molecule has 1 saturated heterocycles. The molecule has 0 radical (unpaired) electrons. The molecular weight excluding hydrogens is 264 g/mol. The van der Waals surface area contributed by atoms with Gasteiger partial charge in [0.25, 0.3) is 0 Å². The number of rotatable bonds is 5. The summed E-state index contributed by atoms with van der Waals surface area (Å²) < 4.78 is 4.79. The molecule has 1 heterocycles. The van der Waals surface area contributed by atoms with Crippen molar-refractivity contribution < 1.29 is 9.53 Å². The molecule has 1 aliphatic heterocycles. The Hall–Kier alpha value is -1.39. The molecule has 0 bridgehead atoms. The van der Waals surface area contributed by atoms with Gasteiger partial charge in [0.2, 0.25) is 0 Å². The summed E-state index contributed by atoms with van der Waals surface area (Å²) in [7, 11) is 5.80. The lowest BCUT2D eigenvalue weighted by Gasteiger charge is -2.36. The van der Waals surface area contributed by atoms with Crippen LogP contribution in [0.15, 0.2) is 24.3 Å². The summed E-state index contributed by atoms with van der Waals surface area (Å²) in [6.07, 6.45) is 2.86. The van der Waals surface area contributed by atoms with E-state index in [1.54, 1.807) is 0 Å². The van der Waals surface area contributed by atoms with Crippen molar-refractivity contribution in [3.05, 3.63) is 35.4 Å². The van der Waals surface area contributed by atoms with E-state index in [1.165, 1.54) is 32.1 Å². The Morgan fingerprint density at radius 2 is 2.10 bits per heavy atom. The van der Waals surface area contributed by atoms with Crippen LogP contribution in [0.3, 0.4) is 0 Å². The highest BCUT2D eigenvalue weighted by molar-refractivity contribution is 5.72. The first-order valence-electron chi connectivity index (χ1n) is 7.62. The number of hydrogen-bond donors (Lipinski definition) is 0. The van der Waals surface area contributed by atoms with Crippen LogP contribution in [0.4, 0.5) is 0 Å². The molecule has 0 aromatic heterocycles. The predicted molar refractivity (Wildman–Crippen MR) is 84.1 cm³/mol. The molecule has 0 N–H and O–H groups in total. The lowest BCUT2D eigenvalue weighted by Crippen LogP contribution is -2.44. The summed E-state index contributed by atoms with van der Waals surface area (Å²) in [5.41, 5.74) is 2.29. The van der Waals surface area contributed by atoms with Crippen LogP contribution < -0.4 is 0 Å². The van der Waals surface area contributed by atoms with Gasteiger partial charge in [-0.15, -0.1) is 0 Å². The second kappa shape index (κ2) is 7.57. The zero-order valence-electron chi connectivity index (χ0n) is 13.3. The first-order chi connectivity index (χ1) is 10.1. The number of hydrogen-bond acceptors (Lipinski definition) is 4. The maximum Gasteiger partial charge on any atom is 0.309 e. The van der Waals surface area contributed by atoms with Crippen LogP contribution in [0.25, 0.3) is 0 Å². The normalized spacial score (nSPS) is 19.7. The summed E-state index contributed by atoms with van der Waals surface area (Å²) >= 11 is 0. The number of piperidine rings is 1. The zero-order valence-corrected chi connectivity index (χ0v) is 13.3. The van der Waals surface area contributed by atoms with E-state index in [4.69, 9.17) is 4.74 Å². The lowest BCUT2D eigenvalue weighted by atomic mass is 10.0. The van der Waals surface area contributed by atoms with Gasteiger partial charge in [-0.05, 0) is 44.6 Å². The van der Waals surface area contributed by atoms with Crippen LogP contribution in [0, 0.1) is 0 Å². The van der Waals surface area contributed by atoms with Gasteiger partial charge in [0.05, 0.1) is 13.5 Å². The largest absolute Gasteiger partial charge is 0.469 e. The minimum Gasteiger partial charge on any atom is -0.469 e. The van der Waals surface area contributed by atoms with Gasteiger partial charge in [-0.25, -0.2) is 0 Å². The van der Waals surface area contributed by atoms with E-state index in [-0.39, 0.29) is 5.97 Å². The lowest BCUT2D eigenvalue weighted by molar-refractivity contribution is -0.139. The minimum absolute atomic E-state index is 0.178. The Kier molecular flexibility index (Phi) is 5.76. The third-order valence-electron chi connectivity index (χ3n) is 4.32. The molecule has 0 saturated carbocycles. The summed E-state index contributed by atoms with van der Waals surface area (Å²) in [5, 5.41) is 0. The van der Waals surface area contributed by atoms with Gasteiger partial charge in [-0.1, -0.05) is 24.3 Å². The third-order valence-corrected chi connectivity index (χ3v) is 4.32. The molecule has 1 aromatic rings. The smallest absolute Gasteiger partial charge is 0.309 e. The number of benzene rings is 1. The van der Waals surface area contributed by atoms with Gasteiger partial charge in [-0.3, -0.25) is 9.69 Å². The Bertz CT molecular complexity index is 476.